The standard InChI is InChI=1S/C18H20BClNO3/c20-11-18(22)17(19-24-13-21)10-14-6-8-16(9-7-14)23-12-15-4-2-1-3-5-15/h1-9,13,17-18,21-22H,10-12H2/t17-,18-/m0/s1. The Bertz CT molecular complexity index is 609. The number of aliphatic hydroxyl groups is 1. The van der Waals surface area contributed by atoms with Gasteiger partial charge in [0.05, 0.1) is 6.10 Å². The molecule has 0 heterocycles. The van der Waals surface area contributed by atoms with Crippen molar-refractivity contribution in [1.29, 1.82) is 5.41 Å². The Labute approximate surface area is 148 Å². The number of ether oxygens (including phenoxy) is 1. The van der Waals surface area contributed by atoms with Gasteiger partial charge in [-0.2, -0.15) is 0 Å². The zero-order chi connectivity index (χ0) is 17.2. The maximum Gasteiger partial charge on any atom is 0.377 e. The molecule has 2 aromatic carbocycles. The van der Waals surface area contributed by atoms with Crippen LogP contribution < -0.4 is 4.74 Å². The van der Waals surface area contributed by atoms with Crippen molar-refractivity contribution in [3.63, 3.8) is 0 Å². The predicted octanol–water partition coefficient (Wildman–Crippen LogP) is 3.44. The van der Waals surface area contributed by atoms with Gasteiger partial charge in [0, 0.05) is 11.7 Å². The average molecular weight is 345 g/mol. The van der Waals surface area contributed by atoms with Gasteiger partial charge in [-0.3, -0.25) is 5.41 Å². The summed E-state index contributed by atoms with van der Waals surface area (Å²) >= 11 is 5.71. The third kappa shape index (κ3) is 5.91. The molecule has 0 unspecified atom stereocenters. The van der Waals surface area contributed by atoms with Crippen LogP contribution in [0.2, 0.25) is 5.82 Å². The van der Waals surface area contributed by atoms with Gasteiger partial charge in [-0.05, 0) is 29.7 Å². The van der Waals surface area contributed by atoms with Gasteiger partial charge in [0.25, 0.3) is 0 Å². The Morgan fingerprint density at radius 1 is 1.08 bits per heavy atom. The lowest BCUT2D eigenvalue weighted by Gasteiger charge is -2.19. The van der Waals surface area contributed by atoms with Crippen LogP contribution in [0.15, 0.2) is 54.6 Å². The van der Waals surface area contributed by atoms with Crippen molar-refractivity contribution in [2.45, 2.75) is 24.9 Å². The molecule has 0 fully saturated rings. The number of halogens is 1. The third-order valence-electron chi connectivity index (χ3n) is 3.62. The monoisotopic (exact) mass is 344 g/mol. The van der Waals surface area contributed by atoms with E-state index in [1.807, 2.05) is 54.6 Å². The van der Waals surface area contributed by atoms with Gasteiger partial charge >= 0.3 is 7.48 Å². The molecule has 4 nitrogen and oxygen atoms in total. The highest BCUT2D eigenvalue weighted by atomic mass is 35.5. The van der Waals surface area contributed by atoms with Gasteiger partial charge in [-0.15, -0.1) is 11.6 Å². The summed E-state index contributed by atoms with van der Waals surface area (Å²) in [6, 6.07) is 17.7. The summed E-state index contributed by atoms with van der Waals surface area (Å²) in [6.07, 6.45) is 0.676. The van der Waals surface area contributed by atoms with E-state index in [0.29, 0.717) is 13.0 Å². The summed E-state index contributed by atoms with van der Waals surface area (Å²) in [4.78, 5) is 0. The van der Waals surface area contributed by atoms with Gasteiger partial charge in [0.1, 0.15) is 18.8 Å². The fraction of sp³-hybridized carbons (Fsp3) is 0.278. The summed E-state index contributed by atoms with van der Waals surface area (Å²) < 4.78 is 10.6. The minimum atomic E-state index is -0.722. The fourth-order valence-electron chi connectivity index (χ4n) is 2.26. The summed E-state index contributed by atoms with van der Waals surface area (Å²) in [5, 5.41) is 16.8. The van der Waals surface area contributed by atoms with Crippen molar-refractivity contribution in [3.05, 3.63) is 65.7 Å². The Kier molecular flexibility index (Phi) is 7.66. The molecule has 0 bridgehead atoms. The molecule has 2 atom stereocenters. The molecule has 0 saturated heterocycles. The molecule has 0 aliphatic rings. The molecule has 0 amide bonds. The molecule has 125 valence electrons. The third-order valence-corrected chi connectivity index (χ3v) is 3.93. The van der Waals surface area contributed by atoms with E-state index in [9.17, 15) is 5.11 Å². The lowest BCUT2D eigenvalue weighted by atomic mass is 9.72. The highest BCUT2D eigenvalue weighted by molar-refractivity contribution is 6.32. The van der Waals surface area contributed by atoms with Crippen molar-refractivity contribution < 1.29 is 14.5 Å². The quantitative estimate of drug-likeness (QED) is 0.300. The summed E-state index contributed by atoms with van der Waals surface area (Å²) in [5.41, 5.74) is 2.14. The van der Waals surface area contributed by atoms with E-state index in [4.69, 9.17) is 26.4 Å². The van der Waals surface area contributed by atoms with Crippen LogP contribution >= 0.6 is 11.6 Å². The van der Waals surface area contributed by atoms with E-state index >= 15 is 0 Å². The minimum Gasteiger partial charge on any atom is -0.555 e. The van der Waals surface area contributed by atoms with Crippen molar-refractivity contribution >= 4 is 25.5 Å². The van der Waals surface area contributed by atoms with E-state index in [1.54, 1.807) is 0 Å². The number of rotatable bonds is 10. The summed E-state index contributed by atoms with van der Waals surface area (Å²) in [7, 11) is 1.44. The second-order valence-electron chi connectivity index (χ2n) is 5.40. The lowest BCUT2D eigenvalue weighted by Crippen LogP contribution is -2.25. The summed E-state index contributed by atoms with van der Waals surface area (Å²) in [5.74, 6) is 0.623. The predicted molar refractivity (Wildman–Crippen MR) is 97.0 cm³/mol. The molecule has 2 aromatic rings. The van der Waals surface area contributed by atoms with Crippen molar-refractivity contribution in [1.82, 2.24) is 0 Å². The van der Waals surface area contributed by atoms with Crippen molar-refractivity contribution in [3.8, 4) is 5.75 Å². The van der Waals surface area contributed by atoms with Gasteiger partial charge in [0.15, 0.2) is 0 Å². The van der Waals surface area contributed by atoms with Crippen LogP contribution in [0.5, 0.6) is 5.75 Å². The molecule has 6 heteroatoms. The molecule has 0 saturated carbocycles. The number of benzene rings is 2. The molecule has 0 aromatic heterocycles. The van der Waals surface area contributed by atoms with E-state index in [1.165, 1.54) is 7.48 Å². The first kappa shape index (κ1) is 18.4. The first-order chi connectivity index (χ1) is 11.7. The normalized spacial score (nSPS) is 12.9. The minimum absolute atomic E-state index is 0.112. The molecule has 0 aliphatic heterocycles. The topological polar surface area (TPSA) is 62.5 Å². The molecule has 1 radical (unpaired) electrons. The number of hydrogen-bond donors (Lipinski definition) is 2. The fourth-order valence-corrected chi connectivity index (χ4v) is 2.49. The Hall–Kier alpha value is -1.98. The maximum atomic E-state index is 9.93. The number of aliphatic hydroxyl groups excluding tert-OH is 1. The van der Waals surface area contributed by atoms with Crippen LogP contribution in [0.4, 0.5) is 0 Å². The first-order valence-corrected chi connectivity index (χ1v) is 8.24. The molecule has 24 heavy (non-hydrogen) atoms. The number of nitrogens with one attached hydrogen (secondary N) is 1. The average Bonchev–Trinajstić information content (AvgIpc) is 2.64. The van der Waals surface area contributed by atoms with E-state index < -0.39 is 6.10 Å². The second kappa shape index (κ2) is 10.0. The Morgan fingerprint density at radius 3 is 2.42 bits per heavy atom. The Balaban J connectivity index is 1.91. The molecular formula is C18H20BClNO3. The van der Waals surface area contributed by atoms with Crippen LogP contribution in [-0.2, 0) is 17.7 Å². The zero-order valence-electron chi connectivity index (χ0n) is 13.3. The first-order valence-electron chi connectivity index (χ1n) is 7.70. The highest BCUT2D eigenvalue weighted by Crippen LogP contribution is 2.21. The van der Waals surface area contributed by atoms with E-state index in [0.717, 1.165) is 23.3 Å². The zero-order valence-corrected chi connectivity index (χ0v) is 14.0. The smallest absolute Gasteiger partial charge is 0.377 e. The van der Waals surface area contributed by atoms with E-state index in [2.05, 4.69) is 0 Å². The van der Waals surface area contributed by atoms with Gasteiger partial charge in [-0.25, -0.2) is 0 Å². The van der Waals surface area contributed by atoms with Crippen molar-refractivity contribution in [2.75, 3.05) is 5.88 Å². The van der Waals surface area contributed by atoms with Crippen LogP contribution in [-0.4, -0.2) is 31.0 Å². The van der Waals surface area contributed by atoms with Crippen LogP contribution in [0.3, 0.4) is 0 Å². The molecule has 0 spiro atoms. The Morgan fingerprint density at radius 2 is 1.79 bits per heavy atom. The highest BCUT2D eigenvalue weighted by Gasteiger charge is 2.22. The number of hydrogen-bond acceptors (Lipinski definition) is 4. The molecule has 2 rings (SSSR count). The maximum absolute atomic E-state index is 9.93. The van der Waals surface area contributed by atoms with E-state index in [-0.39, 0.29) is 11.7 Å². The largest absolute Gasteiger partial charge is 0.555 e. The second-order valence-corrected chi connectivity index (χ2v) is 5.71. The molecular weight excluding hydrogens is 324 g/mol. The van der Waals surface area contributed by atoms with Crippen molar-refractivity contribution in [2.24, 2.45) is 0 Å². The van der Waals surface area contributed by atoms with Gasteiger partial charge in [0.2, 0.25) is 0 Å². The van der Waals surface area contributed by atoms with Crippen LogP contribution in [0, 0.1) is 5.41 Å². The van der Waals surface area contributed by atoms with Crippen LogP contribution in [0.1, 0.15) is 11.1 Å². The molecule has 0 aliphatic carbocycles. The van der Waals surface area contributed by atoms with Gasteiger partial charge in [-0.1, -0.05) is 42.5 Å². The molecule has 2 N–H and O–H groups in total. The van der Waals surface area contributed by atoms with Crippen LogP contribution in [0.25, 0.3) is 0 Å². The lowest BCUT2D eigenvalue weighted by molar-refractivity contribution is 0.184. The summed E-state index contributed by atoms with van der Waals surface area (Å²) in [6.45, 7) is 0.523. The van der Waals surface area contributed by atoms with Gasteiger partial charge < -0.3 is 14.5 Å². The number of alkyl halides is 1. The SMILES string of the molecule is N=CO[B][C@@H](Cc1ccc(OCc2ccccc2)cc1)[C@@H](O)CCl.